The molecule has 5 heteroatoms. The van der Waals surface area contributed by atoms with Gasteiger partial charge in [-0.15, -0.1) is 12.4 Å². The highest BCUT2D eigenvalue weighted by Crippen LogP contribution is 2.19. The van der Waals surface area contributed by atoms with Gasteiger partial charge in [-0.25, -0.2) is 4.39 Å². The molecule has 1 heterocycles. The summed E-state index contributed by atoms with van der Waals surface area (Å²) in [5.41, 5.74) is 1.12. The molecule has 2 N–H and O–H groups in total. The third-order valence-corrected chi connectivity index (χ3v) is 3.43. The largest absolute Gasteiger partial charge is 0.326 e. The number of hydrogen-bond acceptors (Lipinski definition) is 2. The van der Waals surface area contributed by atoms with Gasteiger partial charge in [0, 0.05) is 17.6 Å². The molecule has 1 aliphatic heterocycles. The van der Waals surface area contributed by atoms with E-state index < -0.39 is 0 Å². The number of hydrogen-bond donors (Lipinski definition) is 2. The minimum atomic E-state index is -0.286. The molecule has 1 saturated heterocycles. The van der Waals surface area contributed by atoms with Gasteiger partial charge in [-0.3, -0.25) is 4.79 Å². The van der Waals surface area contributed by atoms with Gasteiger partial charge >= 0.3 is 0 Å². The van der Waals surface area contributed by atoms with Crippen LogP contribution in [0.4, 0.5) is 10.1 Å². The molecule has 1 amide bonds. The van der Waals surface area contributed by atoms with Crippen molar-refractivity contribution in [3.63, 3.8) is 0 Å². The van der Waals surface area contributed by atoms with E-state index in [1.165, 1.54) is 6.07 Å². The van der Waals surface area contributed by atoms with Crippen LogP contribution in [0.25, 0.3) is 0 Å². The molecule has 3 nitrogen and oxygen atoms in total. The molecule has 106 valence electrons. The van der Waals surface area contributed by atoms with Crippen LogP contribution in [0.3, 0.4) is 0 Å². The highest BCUT2D eigenvalue weighted by Gasteiger charge is 2.24. The van der Waals surface area contributed by atoms with Crippen molar-refractivity contribution in [3.05, 3.63) is 29.6 Å². The minimum Gasteiger partial charge on any atom is -0.326 e. The van der Waals surface area contributed by atoms with Gasteiger partial charge < -0.3 is 10.6 Å². The van der Waals surface area contributed by atoms with E-state index in [4.69, 9.17) is 0 Å². The number of piperidine rings is 1. The van der Waals surface area contributed by atoms with E-state index in [9.17, 15) is 9.18 Å². The molecule has 0 saturated carbocycles. The van der Waals surface area contributed by atoms with Crippen LogP contribution in [0.5, 0.6) is 0 Å². The Bertz CT molecular complexity index is 453. The van der Waals surface area contributed by atoms with E-state index >= 15 is 0 Å². The van der Waals surface area contributed by atoms with Crippen molar-refractivity contribution in [2.45, 2.75) is 32.7 Å². The zero-order chi connectivity index (χ0) is 13.1. The zero-order valence-electron chi connectivity index (χ0n) is 11.2. The lowest BCUT2D eigenvalue weighted by Crippen LogP contribution is -2.40. The fourth-order valence-corrected chi connectivity index (χ4v) is 2.28. The van der Waals surface area contributed by atoms with Gasteiger partial charge in [0.2, 0.25) is 5.91 Å². The standard InChI is InChI=1S/C14H19FN2O.ClH/c1-9-3-4-12(8-13(9)15)17-14(18)11-5-6-16-10(2)7-11;/h3-4,8,10-11,16H,5-7H2,1-2H3,(H,17,18);1H/t10-,11-;/m0./s1. The molecule has 0 radical (unpaired) electrons. The molecule has 0 spiro atoms. The lowest BCUT2D eigenvalue weighted by molar-refractivity contribution is -0.120. The number of aryl methyl sites for hydroxylation is 1. The topological polar surface area (TPSA) is 41.1 Å². The quantitative estimate of drug-likeness (QED) is 0.878. The zero-order valence-corrected chi connectivity index (χ0v) is 12.0. The molecule has 0 bridgehead atoms. The first-order valence-electron chi connectivity index (χ1n) is 6.36. The summed E-state index contributed by atoms with van der Waals surface area (Å²) >= 11 is 0. The van der Waals surface area contributed by atoms with Crippen molar-refractivity contribution in [2.75, 3.05) is 11.9 Å². The predicted octanol–water partition coefficient (Wildman–Crippen LogP) is 2.88. The number of carbonyl (C=O) groups is 1. The van der Waals surface area contributed by atoms with Crippen LogP contribution in [0.2, 0.25) is 0 Å². The minimum absolute atomic E-state index is 0. The number of benzene rings is 1. The molecule has 1 aliphatic rings. The number of halogens is 2. The van der Waals surface area contributed by atoms with Crippen molar-refractivity contribution >= 4 is 24.0 Å². The summed E-state index contributed by atoms with van der Waals surface area (Å²) in [6.45, 7) is 4.64. The molecule has 1 fully saturated rings. The number of rotatable bonds is 2. The van der Waals surface area contributed by atoms with Crippen molar-refractivity contribution in [1.82, 2.24) is 5.32 Å². The van der Waals surface area contributed by atoms with Crippen LogP contribution in [0, 0.1) is 18.7 Å². The smallest absolute Gasteiger partial charge is 0.227 e. The molecule has 0 unspecified atom stereocenters. The maximum atomic E-state index is 13.4. The summed E-state index contributed by atoms with van der Waals surface area (Å²) in [6, 6.07) is 5.15. The fourth-order valence-electron chi connectivity index (χ4n) is 2.28. The Morgan fingerprint density at radius 2 is 2.21 bits per heavy atom. The van der Waals surface area contributed by atoms with Crippen molar-refractivity contribution in [2.24, 2.45) is 5.92 Å². The van der Waals surface area contributed by atoms with Gasteiger partial charge in [0.15, 0.2) is 0 Å². The van der Waals surface area contributed by atoms with Gasteiger partial charge in [-0.05, 0) is 50.9 Å². The monoisotopic (exact) mass is 286 g/mol. The predicted molar refractivity (Wildman–Crippen MR) is 77.2 cm³/mol. The van der Waals surface area contributed by atoms with Gasteiger partial charge in [-0.2, -0.15) is 0 Å². The van der Waals surface area contributed by atoms with Crippen LogP contribution < -0.4 is 10.6 Å². The molecule has 1 aromatic rings. The summed E-state index contributed by atoms with van der Waals surface area (Å²) in [4.78, 5) is 12.0. The first-order chi connectivity index (χ1) is 8.56. The Morgan fingerprint density at radius 1 is 1.47 bits per heavy atom. The van der Waals surface area contributed by atoms with E-state index in [1.54, 1.807) is 19.1 Å². The van der Waals surface area contributed by atoms with Crippen LogP contribution >= 0.6 is 12.4 Å². The summed E-state index contributed by atoms with van der Waals surface area (Å²) in [5, 5.41) is 6.10. The molecule has 1 aromatic carbocycles. The highest BCUT2D eigenvalue weighted by atomic mass is 35.5. The van der Waals surface area contributed by atoms with E-state index in [2.05, 4.69) is 17.6 Å². The molecule has 0 aromatic heterocycles. The first kappa shape index (κ1) is 15.9. The van der Waals surface area contributed by atoms with Crippen molar-refractivity contribution < 1.29 is 9.18 Å². The summed E-state index contributed by atoms with van der Waals surface area (Å²) in [6.07, 6.45) is 1.67. The second-order valence-electron chi connectivity index (χ2n) is 5.03. The van der Waals surface area contributed by atoms with E-state index in [0.29, 0.717) is 17.3 Å². The summed E-state index contributed by atoms with van der Waals surface area (Å²) < 4.78 is 13.4. The Kier molecular flexibility index (Phi) is 5.76. The second kappa shape index (κ2) is 6.87. The highest BCUT2D eigenvalue weighted by molar-refractivity contribution is 5.92. The van der Waals surface area contributed by atoms with Gasteiger partial charge in [0.25, 0.3) is 0 Å². The molecular weight excluding hydrogens is 267 g/mol. The summed E-state index contributed by atoms with van der Waals surface area (Å²) in [5.74, 6) is -0.274. The van der Waals surface area contributed by atoms with E-state index in [1.807, 2.05) is 0 Å². The summed E-state index contributed by atoms with van der Waals surface area (Å²) in [7, 11) is 0. The van der Waals surface area contributed by atoms with Gasteiger partial charge in [0.05, 0.1) is 0 Å². The second-order valence-corrected chi connectivity index (χ2v) is 5.03. The number of carbonyl (C=O) groups excluding carboxylic acids is 1. The van der Waals surface area contributed by atoms with Crippen LogP contribution in [-0.4, -0.2) is 18.5 Å². The third kappa shape index (κ3) is 4.18. The Hall–Kier alpha value is -1.13. The lowest BCUT2D eigenvalue weighted by atomic mass is 9.92. The Morgan fingerprint density at radius 3 is 2.84 bits per heavy atom. The molecular formula is C14H20ClFN2O. The molecule has 19 heavy (non-hydrogen) atoms. The van der Waals surface area contributed by atoms with E-state index in [0.717, 1.165) is 19.4 Å². The normalized spacial score (nSPS) is 22.5. The van der Waals surface area contributed by atoms with Crippen molar-refractivity contribution in [1.29, 1.82) is 0 Å². The van der Waals surface area contributed by atoms with Crippen LogP contribution in [0.1, 0.15) is 25.3 Å². The molecule has 2 atom stereocenters. The first-order valence-corrected chi connectivity index (χ1v) is 6.36. The van der Waals surface area contributed by atoms with Gasteiger partial charge in [0.1, 0.15) is 5.82 Å². The Balaban J connectivity index is 0.00000180. The third-order valence-electron chi connectivity index (χ3n) is 3.43. The Labute approximate surface area is 119 Å². The number of amides is 1. The van der Waals surface area contributed by atoms with E-state index in [-0.39, 0.29) is 30.0 Å². The average molecular weight is 287 g/mol. The SMILES string of the molecule is Cc1ccc(NC(=O)[C@H]2CCN[C@@H](C)C2)cc1F.Cl. The van der Waals surface area contributed by atoms with Crippen LogP contribution in [0.15, 0.2) is 18.2 Å². The number of anilines is 1. The number of nitrogens with one attached hydrogen (secondary N) is 2. The van der Waals surface area contributed by atoms with Gasteiger partial charge in [-0.1, -0.05) is 6.07 Å². The maximum Gasteiger partial charge on any atom is 0.227 e. The lowest BCUT2D eigenvalue weighted by Gasteiger charge is -2.27. The maximum absolute atomic E-state index is 13.4. The average Bonchev–Trinajstić information content (AvgIpc) is 2.34. The molecule has 0 aliphatic carbocycles. The fraction of sp³-hybridized carbons (Fsp3) is 0.500. The van der Waals surface area contributed by atoms with Crippen molar-refractivity contribution in [3.8, 4) is 0 Å². The molecule has 2 rings (SSSR count). The van der Waals surface area contributed by atoms with Crippen LogP contribution in [-0.2, 0) is 4.79 Å².